The van der Waals surface area contributed by atoms with E-state index in [0.717, 1.165) is 24.5 Å². The van der Waals surface area contributed by atoms with Gasteiger partial charge in [0.15, 0.2) is 0 Å². The van der Waals surface area contributed by atoms with Crippen molar-refractivity contribution in [2.24, 2.45) is 0 Å². The average Bonchev–Trinajstić information content (AvgIpc) is 2.72. The van der Waals surface area contributed by atoms with Crippen LogP contribution in [0.1, 0.15) is 18.7 Å². The van der Waals surface area contributed by atoms with Crippen LogP contribution in [0, 0.1) is 0 Å². The number of hydrogen-bond acceptors (Lipinski definition) is 3. The maximum atomic E-state index is 5.49. The smallest absolute Gasteiger partial charge is 0.134 e. The number of benzene rings is 1. The quantitative estimate of drug-likeness (QED) is 0.792. The first kappa shape index (κ1) is 9.49. The van der Waals surface area contributed by atoms with E-state index >= 15 is 0 Å². The van der Waals surface area contributed by atoms with E-state index in [4.69, 9.17) is 9.47 Å². The molecule has 1 aliphatic heterocycles. The fourth-order valence-electron chi connectivity index (χ4n) is 1.55. The van der Waals surface area contributed by atoms with Gasteiger partial charge in [-0.15, -0.1) is 0 Å². The van der Waals surface area contributed by atoms with E-state index in [1.807, 2.05) is 31.2 Å². The lowest BCUT2D eigenvalue weighted by molar-refractivity contribution is 0.102. The van der Waals surface area contributed by atoms with Crippen molar-refractivity contribution in [1.29, 1.82) is 0 Å². The Labute approximate surface area is 84.0 Å². The number of ether oxygens (including phenoxy) is 2. The first-order valence-corrected chi connectivity index (χ1v) is 4.98. The topological polar surface area (TPSA) is 30.5 Å². The fraction of sp³-hybridized carbons (Fsp3) is 0.455. The normalized spacial score (nSPS) is 21.1. The Hall–Kier alpha value is -1.06. The van der Waals surface area contributed by atoms with Gasteiger partial charge in [0.05, 0.1) is 13.2 Å². The summed E-state index contributed by atoms with van der Waals surface area (Å²) >= 11 is 0. The van der Waals surface area contributed by atoms with Crippen molar-refractivity contribution in [3.8, 4) is 5.75 Å². The summed E-state index contributed by atoms with van der Waals surface area (Å²) in [7, 11) is 0. The first-order chi connectivity index (χ1) is 6.90. The molecule has 0 aromatic heterocycles. The van der Waals surface area contributed by atoms with E-state index in [1.165, 1.54) is 0 Å². The van der Waals surface area contributed by atoms with Crippen molar-refractivity contribution in [1.82, 2.24) is 5.32 Å². The highest BCUT2D eigenvalue weighted by Gasteiger charge is 2.15. The molecule has 0 spiro atoms. The highest BCUT2D eigenvalue weighted by atomic mass is 16.5. The molecule has 1 fully saturated rings. The van der Waals surface area contributed by atoms with Gasteiger partial charge < -0.3 is 9.47 Å². The molecule has 3 heteroatoms. The summed E-state index contributed by atoms with van der Waals surface area (Å²) in [5, 5.41) is 3.26. The molecule has 2 rings (SSSR count). The number of rotatable bonds is 3. The van der Waals surface area contributed by atoms with Crippen molar-refractivity contribution in [2.75, 3.05) is 19.8 Å². The van der Waals surface area contributed by atoms with Gasteiger partial charge in [0.1, 0.15) is 12.0 Å². The van der Waals surface area contributed by atoms with E-state index in [1.54, 1.807) is 0 Å². The van der Waals surface area contributed by atoms with E-state index in [9.17, 15) is 0 Å². The maximum Gasteiger partial charge on any atom is 0.134 e. The van der Waals surface area contributed by atoms with Crippen molar-refractivity contribution in [3.63, 3.8) is 0 Å². The SMILES string of the molecule is CCOc1ccc(C2NCCO2)cc1. The third-order valence-electron chi connectivity index (χ3n) is 2.21. The van der Waals surface area contributed by atoms with Gasteiger partial charge >= 0.3 is 0 Å². The van der Waals surface area contributed by atoms with Gasteiger partial charge in [-0.05, 0) is 24.6 Å². The highest BCUT2D eigenvalue weighted by molar-refractivity contribution is 5.28. The lowest BCUT2D eigenvalue weighted by atomic mass is 10.2. The Morgan fingerprint density at radius 1 is 1.43 bits per heavy atom. The second kappa shape index (κ2) is 4.44. The summed E-state index contributed by atoms with van der Waals surface area (Å²) in [4.78, 5) is 0. The lowest BCUT2D eigenvalue weighted by Crippen LogP contribution is -2.13. The van der Waals surface area contributed by atoms with Crippen molar-refractivity contribution >= 4 is 0 Å². The molecule has 1 atom stereocenters. The Morgan fingerprint density at radius 3 is 2.79 bits per heavy atom. The van der Waals surface area contributed by atoms with Crippen LogP contribution in [0.5, 0.6) is 5.75 Å². The van der Waals surface area contributed by atoms with Crippen LogP contribution in [-0.2, 0) is 4.74 Å². The number of nitrogens with one attached hydrogen (secondary N) is 1. The summed E-state index contributed by atoms with van der Waals surface area (Å²) in [5.41, 5.74) is 1.16. The minimum absolute atomic E-state index is 0.0608. The van der Waals surface area contributed by atoms with Crippen LogP contribution in [0.3, 0.4) is 0 Å². The van der Waals surface area contributed by atoms with Crippen LogP contribution in [0.25, 0.3) is 0 Å². The summed E-state index contributed by atoms with van der Waals surface area (Å²) < 4.78 is 10.8. The summed E-state index contributed by atoms with van der Waals surface area (Å²) in [5.74, 6) is 0.911. The van der Waals surface area contributed by atoms with Crippen LogP contribution in [0.4, 0.5) is 0 Å². The zero-order valence-electron chi connectivity index (χ0n) is 8.32. The molecule has 1 saturated heterocycles. The summed E-state index contributed by atoms with van der Waals surface area (Å²) in [6.07, 6.45) is 0.0608. The predicted molar refractivity (Wildman–Crippen MR) is 54.3 cm³/mol. The van der Waals surface area contributed by atoms with E-state index in [-0.39, 0.29) is 6.23 Å². The molecule has 0 bridgehead atoms. The molecule has 1 unspecified atom stereocenters. The molecular weight excluding hydrogens is 178 g/mol. The second-order valence-corrected chi connectivity index (χ2v) is 3.21. The van der Waals surface area contributed by atoms with Crippen LogP contribution in [0.15, 0.2) is 24.3 Å². The third kappa shape index (κ3) is 2.05. The summed E-state index contributed by atoms with van der Waals surface area (Å²) in [6.45, 7) is 4.41. The lowest BCUT2D eigenvalue weighted by Gasteiger charge is -2.10. The van der Waals surface area contributed by atoms with Gasteiger partial charge in [-0.1, -0.05) is 12.1 Å². The van der Waals surface area contributed by atoms with E-state index < -0.39 is 0 Å². The predicted octanol–water partition coefficient (Wildman–Crippen LogP) is 1.70. The molecular formula is C11H15NO2. The van der Waals surface area contributed by atoms with Gasteiger partial charge in [-0.2, -0.15) is 0 Å². The van der Waals surface area contributed by atoms with Crippen LogP contribution in [0.2, 0.25) is 0 Å². The molecule has 76 valence electrons. The zero-order valence-corrected chi connectivity index (χ0v) is 8.32. The average molecular weight is 193 g/mol. The van der Waals surface area contributed by atoms with Crippen LogP contribution in [-0.4, -0.2) is 19.8 Å². The molecule has 0 aliphatic carbocycles. The monoisotopic (exact) mass is 193 g/mol. The van der Waals surface area contributed by atoms with Crippen LogP contribution < -0.4 is 10.1 Å². The van der Waals surface area contributed by atoms with Crippen molar-refractivity contribution in [2.45, 2.75) is 13.2 Å². The van der Waals surface area contributed by atoms with Gasteiger partial charge in [0.2, 0.25) is 0 Å². The van der Waals surface area contributed by atoms with Gasteiger partial charge in [0.25, 0.3) is 0 Å². The minimum Gasteiger partial charge on any atom is -0.494 e. The van der Waals surface area contributed by atoms with Gasteiger partial charge in [-0.25, -0.2) is 0 Å². The third-order valence-corrected chi connectivity index (χ3v) is 2.21. The standard InChI is InChI=1S/C11H15NO2/c1-2-13-10-5-3-9(4-6-10)11-12-7-8-14-11/h3-6,11-12H,2,7-8H2,1H3. The number of hydrogen-bond donors (Lipinski definition) is 1. The van der Waals surface area contributed by atoms with E-state index in [2.05, 4.69) is 5.32 Å². The van der Waals surface area contributed by atoms with Gasteiger partial charge in [-0.3, -0.25) is 5.32 Å². The van der Waals surface area contributed by atoms with Crippen molar-refractivity contribution in [3.05, 3.63) is 29.8 Å². The Morgan fingerprint density at radius 2 is 2.21 bits per heavy atom. The largest absolute Gasteiger partial charge is 0.494 e. The minimum atomic E-state index is 0.0608. The second-order valence-electron chi connectivity index (χ2n) is 3.21. The first-order valence-electron chi connectivity index (χ1n) is 4.98. The molecule has 1 aromatic carbocycles. The van der Waals surface area contributed by atoms with Gasteiger partial charge in [0, 0.05) is 6.54 Å². The molecule has 1 aromatic rings. The Balaban J connectivity index is 2.05. The highest BCUT2D eigenvalue weighted by Crippen LogP contribution is 2.20. The zero-order chi connectivity index (χ0) is 9.80. The van der Waals surface area contributed by atoms with Crippen LogP contribution >= 0.6 is 0 Å². The van der Waals surface area contributed by atoms with E-state index in [0.29, 0.717) is 6.61 Å². The van der Waals surface area contributed by atoms with Crippen molar-refractivity contribution < 1.29 is 9.47 Å². The molecule has 3 nitrogen and oxygen atoms in total. The molecule has 14 heavy (non-hydrogen) atoms. The molecule has 0 amide bonds. The summed E-state index contributed by atoms with van der Waals surface area (Å²) in [6, 6.07) is 8.02. The fourth-order valence-corrected chi connectivity index (χ4v) is 1.55. The maximum absolute atomic E-state index is 5.49. The molecule has 0 saturated carbocycles. The Kier molecular flexibility index (Phi) is 3.01. The molecule has 1 heterocycles. The Bertz CT molecular complexity index is 278. The molecule has 0 radical (unpaired) electrons. The molecule has 1 aliphatic rings. The molecule has 1 N–H and O–H groups in total.